The molecule has 0 saturated heterocycles. The van der Waals surface area contributed by atoms with E-state index >= 15 is 0 Å². The lowest BCUT2D eigenvalue weighted by molar-refractivity contribution is 0.304. The van der Waals surface area contributed by atoms with E-state index in [-0.39, 0.29) is 11.7 Å². The summed E-state index contributed by atoms with van der Waals surface area (Å²) in [6, 6.07) is 18.2. The average Bonchev–Trinajstić information content (AvgIpc) is 2.52. The molecule has 0 aliphatic carbocycles. The van der Waals surface area contributed by atoms with Gasteiger partial charge in [-0.05, 0) is 49.1 Å². The quantitative estimate of drug-likeness (QED) is 0.691. The Balaban J connectivity index is 1.73. The monoisotopic (exact) mass is 283 g/mol. The highest BCUT2D eigenvalue weighted by Gasteiger charge is 2.10. The molecule has 0 aromatic heterocycles. The van der Waals surface area contributed by atoms with Gasteiger partial charge in [0.15, 0.2) is 0 Å². The molecule has 0 heterocycles. The molecule has 2 aromatic carbocycles. The van der Waals surface area contributed by atoms with E-state index in [2.05, 4.69) is 6.07 Å². The largest absolute Gasteiger partial charge is 0.494 e. The number of unbranched alkanes of at least 4 members (excludes halogenated alkanes) is 1. The predicted octanol–water partition coefficient (Wildman–Crippen LogP) is 4.68. The number of hydrogen-bond acceptors (Lipinski definition) is 2. The first-order valence-corrected chi connectivity index (χ1v) is 7.12. The van der Waals surface area contributed by atoms with E-state index in [4.69, 9.17) is 4.74 Å². The highest BCUT2D eigenvalue weighted by atomic mass is 19.1. The second-order valence-corrected chi connectivity index (χ2v) is 4.89. The maximum absolute atomic E-state index is 13.2. The number of nitrogens with zero attached hydrogens (tertiary/aromatic N) is 1. The van der Waals surface area contributed by atoms with Crippen LogP contribution >= 0.6 is 0 Å². The van der Waals surface area contributed by atoms with Crippen molar-refractivity contribution in [3.8, 4) is 11.8 Å². The van der Waals surface area contributed by atoms with Crippen LogP contribution in [0.15, 0.2) is 54.6 Å². The van der Waals surface area contributed by atoms with Crippen LogP contribution < -0.4 is 4.74 Å². The lowest BCUT2D eigenvalue weighted by Crippen LogP contribution is -2.00. The number of hydrogen-bond donors (Lipinski definition) is 0. The Morgan fingerprint density at radius 2 is 1.86 bits per heavy atom. The number of ether oxygens (including phenoxy) is 1. The maximum atomic E-state index is 13.2. The molecule has 0 radical (unpaired) electrons. The standard InChI is InChI=1S/C18H18FNO/c19-17-9-6-8-15(13-17)16(14-20)7-4-5-12-21-18-10-2-1-3-11-18/h1-3,6,8-11,13,16H,4-5,7,12H2. The number of nitriles is 1. The molecule has 2 aromatic rings. The van der Waals surface area contributed by atoms with Gasteiger partial charge in [0.2, 0.25) is 0 Å². The third-order valence-corrected chi connectivity index (χ3v) is 3.31. The SMILES string of the molecule is N#CC(CCCCOc1ccccc1)c1cccc(F)c1. The topological polar surface area (TPSA) is 33.0 Å². The number of para-hydroxylation sites is 1. The molecule has 0 bridgehead atoms. The van der Waals surface area contributed by atoms with Crippen LogP contribution in [0.5, 0.6) is 5.75 Å². The van der Waals surface area contributed by atoms with E-state index in [1.165, 1.54) is 12.1 Å². The molecule has 0 aliphatic heterocycles. The molecule has 1 unspecified atom stereocenters. The Hall–Kier alpha value is -2.34. The fourth-order valence-corrected chi connectivity index (χ4v) is 2.19. The summed E-state index contributed by atoms with van der Waals surface area (Å²) in [6.45, 7) is 0.630. The van der Waals surface area contributed by atoms with Gasteiger partial charge < -0.3 is 4.74 Å². The Morgan fingerprint density at radius 3 is 2.57 bits per heavy atom. The Kier molecular flexibility index (Phi) is 5.78. The number of rotatable bonds is 7. The molecule has 0 aliphatic rings. The molecule has 0 N–H and O–H groups in total. The van der Waals surface area contributed by atoms with Crippen molar-refractivity contribution in [3.63, 3.8) is 0 Å². The molecular weight excluding hydrogens is 265 g/mol. The lowest BCUT2D eigenvalue weighted by Gasteiger charge is -2.10. The summed E-state index contributed by atoms with van der Waals surface area (Å²) < 4.78 is 18.8. The van der Waals surface area contributed by atoms with Gasteiger partial charge in [-0.2, -0.15) is 5.26 Å². The fraction of sp³-hybridized carbons (Fsp3) is 0.278. The van der Waals surface area contributed by atoms with Crippen molar-refractivity contribution in [3.05, 3.63) is 66.0 Å². The molecule has 1 atom stereocenters. The molecule has 108 valence electrons. The first kappa shape index (κ1) is 15.1. The van der Waals surface area contributed by atoms with Crippen LogP contribution in [0.25, 0.3) is 0 Å². The molecule has 21 heavy (non-hydrogen) atoms. The minimum Gasteiger partial charge on any atom is -0.494 e. The van der Waals surface area contributed by atoms with E-state index in [0.717, 1.165) is 30.6 Å². The van der Waals surface area contributed by atoms with E-state index in [1.807, 2.05) is 30.3 Å². The van der Waals surface area contributed by atoms with Gasteiger partial charge in [-0.1, -0.05) is 30.3 Å². The molecule has 0 saturated carbocycles. The summed E-state index contributed by atoms with van der Waals surface area (Å²) in [7, 11) is 0. The van der Waals surface area contributed by atoms with Crippen LogP contribution in [0, 0.1) is 17.1 Å². The minimum atomic E-state index is -0.292. The second kappa shape index (κ2) is 8.06. The summed E-state index contributed by atoms with van der Waals surface area (Å²) in [4.78, 5) is 0. The van der Waals surface area contributed by atoms with Crippen molar-refractivity contribution in [2.75, 3.05) is 6.61 Å². The molecule has 2 rings (SSSR count). The van der Waals surface area contributed by atoms with Crippen LogP contribution in [0.1, 0.15) is 30.7 Å². The molecular formula is C18H18FNO. The van der Waals surface area contributed by atoms with Crippen LogP contribution in [-0.2, 0) is 0 Å². The molecule has 0 amide bonds. The van der Waals surface area contributed by atoms with Crippen molar-refractivity contribution in [2.45, 2.75) is 25.2 Å². The highest BCUT2D eigenvalue weighted by Crippen LogP contribution is 2.22. The Labute approximate surface area is 124 Å². The number of benzene rings is 2. The summed E-state index contributed by atoms with van der Waals surface area (Å²) in [5.74, 6) is 0.317. The van der Waals surface area contributed by atoms with Crippen molar-refractivity contribution in [1.29, 1.82) is 5.26 Å². The van der Waals surface area contributed by atoms with Gasteiger partial charge in [0.1, 0.15) is 11.6 Å². The summed E-state index contributed by atoms with van der Waals surface area (Å²) in [5, 5.41) is 9.20. The third-order valence-electron chi connectivity index (χ3n) is 3.31. The summed E-state index contributed by atoms with van der Waals surface area (Å²) >= 11 is 0. The maximum Gasteiger partial charge on any atom is 0.123 e. The fourth-order valence-electron chi connectivity index (χ4n) is 2.19. The molecule has 0 fully saturated rings. The summed E-state index contributed by atoms with van der Waals surface area (Å²) in [6.07, 6.45) is 2.47. The van der Waals surface area contributed by atoms with E-state index in [0.29, 0.717) is 6.61 Å². The van der Waals surface area contributed by atoms with E-state index < -0.39 is 0 Å². The van der Waals surface area contributed by atoms with Crippen LogP contribution in [0.4, 0.5) is 4.39 Å². The van der Waals surface area contributed by atoms with Crippen molar-refractivity contribution in [2.24, 2.45) is 0 Å². The van der Waals surface area contributed by atoms with Crippen molar-refractivity contribution >= 4 is 0 Å². The molecule has 3 heteroatoms. The van der Waals surface area contributed by atoms with Crippen molar-refractivity contribution in [1.82, 2.24) is 0 Å². The first-order chi connectivity index (χ1) is 10.3. The van der Waals surface area contributed by atoms with Crippen molar-refractivity contribution < 1.29 is 9.13 Å². The van der Waals surface area contributed by atoms with Gasteiger partial charge in [-0.15, -0.1) is 0 Å². The Morgan fingerprint density at radius 1 is 1.05 bits per heavy atom. The normalized spacial score (nSPS) is 11.6. The first-order valence-electron chi connectivity index (χ1n) is 7.12. The minimum absolute atomic E-state index is 0.252. The zero-order chi connectivity index (χ0) is 14.9. The third kappa shape index (κ3) is 4.92. The zero-order valence-electron chi connectivity index (χ0n) is 11.8. The van der Waals surface area contributed by atoms with Gasteiger partial charge >= 0.3 is 0 Å². The summed E-state index contributed by atoms with van der Waals surface area (Å²) in [5.41, 5.74) is 0.751. The molecule has 2 nitrogen and oxygen atoms in total. The van der Waals surface area contributed by atoms with Gasteiger partial charge in [-0.3, -0.25) is 0 Å². The van der Waals surface area contributed by atoms with Gasteiger partial charge in [0.05, 0.1) is 18.6 Å². The zero-order valence-corrected chi connectivity index (χ0v) is 11.8. The van der Waals surface area contributed by atoms with E-state index in [9.17, 15) is 9.65 Å². The van der Waals surface area contributed by atoms with Gasteiger partial charge in [0.25, 0.3) is 0 Å². The van der Waals surface area contributed by atoms with Crippen LogP contribution in [0.3, 0.4) is 0 Å². The second-order valence-electron chi connectivity index (χ2n) is 4.89. The van der Waals surface area contributed by atoms with Gasteiger partial charge in [0, 0.05) is 0 Å². The van der Waals surface area contributed by atoms with Crippen LogP contribution in [0.2, 0.25) is 0 Å². The smallest absolute Gasteiger partial charge is 0.123 e. The highest BCUT2D eigenvalue weighted by molar-refractivity contribution is 5.25. The lowest BCUT2D eigenvalue weighted by atomic mass is 9.95. The average molecular weight is 283 g/mol. The van der Waals surface area contributed by atoms with Crippen LogP contribution in [-0.4, -0.2) is 6.61 Å². The Bertz CT molecular complexity index is 592. The number of halogens is 1. The molecule has 0 spiro atoms. The van der Waals surface area contributed by atoms with E-state index in [1.54, 1.807) is 12.1 Å². The predicted molar refractivity (Wildman–Crippen MR) is 80.5 cm³/mol. The van der Waals surface area contributed by atoms with Gasteiger partial charge in [-0.25, -0.2) is 4.39 Å².